The number of fused-ring (bicyclic) bond motifs is 5. The first-order chi connectivity index (χ1) is 16.9. The Bertz CT molecular complexity index is 1780. The SMILES string of the molecule is Cc1cc2c3cc(CC(C)C)ccc3n3c4cc(C5CCCC5)cc5cc[n+](C)c(c(c1C)c23)c54. The number of aromatic nitrogens is 2. The molecule has 0 bridgehead atoms. The van der Waals surface area contributed by atoms with E-state index in [9.17, 15) is 0 Å². The molecule has 0 saturated heterocycles. The van der Waals surface area contributed by atoms with Crippen molar-refractivity contribution in [3.05, 3.63) is 70.9 Å². The van der Waals surface area contributed by atoms with Crippen molar-refractivity contribution in [1.29, 1.82) is 0 Å². The normalized spacial score (nSPS) is 15.4. The number of hydrogen-bond donors (Lipinski definition) is 0. The fraction of sp³-hybridized carbons (Fsp3) is 0.364. The Kier molecular flexibility index (Phi) is 4.50. The zero-order valence-corrected chi connectivity index (χ0v) is 21.7. The van der Waals surface area contributed by atoms with Crippen LogP contribution in [0.4, 0.5) is 0 Å². The minimum atomic E-state index is 0.655. The van der Waals surface area contributed by atoms with Crippen molar-refractivity contribution in [3.8, 4) is 0 Å². The lowest BCUT2D eigenvalue weighted by Crippen LogP contribution is -2.29. The Morgan fingerprint density at radius 3 is 2.49 bits per heavy atom. The fourth-order valence-electron chi connectivity index (χ4n) is 7.07. The summed E-state index contributed by atoms with van der Waals surface area (Å²) in [6, 6.07) is 17.0. The van der Waals surface area contributed by atoms with E-state index in [1.165, 1.54) is 96.9 Å². The molecule has 3 aromatic carbocycles. The summed E-state index contributed by atoms with van der Waals surface area (Å²) in [6.07, 6.45) is 8.78. The molecular formula is C33H35N2+. The summed E-state index contributed by atoms with van der Waals surface area (Å²) in [5, 5.41) is 7.00. The highest BCUT2D eigenvalue weighted by Gasteiger charge is 2.26. The molecule has 1 aliphatic carbocycles. The Hall–Kier alpha value is -3.13. The number of benzene rings is 3. The summed E-state index contributed by atoms with van der Waals surface area (Å²) in [5.41, 5.74) is 11.2. The predicted octanol–water partition coefficient (Wildman–Crippen LogP) is 8.29. The molecule has 176 valence electrons. The summed E-state index contributed by atoms with van der Waals surface area (Å²) in [4.78, 5) is 0. The highest BCUT2D eigenvalue weighted by Crippen LogP contribution is 2.44. The van der Waals surface area contributed by atoms with E-state index in [1.54, 1.807) is 0 Å². The second-order valence-electron chi connectivity index (χ2n) is 11.6. The average Bonchev–Trinajstić information content (AvgIpc) is 3.47. The smallest absolute Gasteiger partial charge is 0.224 e. The maximum Gasteiger partial charge on any atom is 0.224 e. The Labute approximate surface area is 207 Å². The molecule has 3 aromatic heterocycles. The minimum absolute atomic E-state index is 0.655. The number of pyridine rings is 2. The van der Waals surface area contributed by atoms with Gasteiger partial charge in [-0.1, -0.05) is 38.8 Å². The van der Waals surface area contributed by atoms with Crippen molar-refractivity contribution in [2.24, 2.45) is 13.0 Å². The summed E-state index contributed by atoms with van der Waals surface area (Å²) >= 11 is 0. The fourth-order valence-corrected chi connectivity index (χ4v) is 7.07. The quantitative estimate of drug-likeness (QED) is 0.143. The summed E-state index contributed by atoms with van der Waals surface area (Å²) in [5.74, 6) is 1.35. The van der Waals surface area contributed by atoms with E-state index < -0.39 is 0 Å². The van der Waals surface area contributed by atoms with E-state index in [0.29, 0.717) is 11.8 Å². The third kappa shape index (κ3) is 2.92. The van der Waals surface area contributed by atoms with Crippen LogP contribution in [0.15, 0.2) is 48.7 Å². The van der Waals surface area contributed by atoms with Crippen LogP contribution in [0.3, 0.4) is 0 Å². The van der Waals surface area contributed by atoms with Gasteiger partial charge in [0.1, 0.15) is 7.05 Å². The molecule has 0 unspecified atom stereocenters. The molecule has 3 heterocycles. The first-order valence-corrected chi connectivity index (χ1v) is 13.5. The van der Waals surface area contributed by atoms with Gasteiger partial charge in [0.2, 0.25) is 5.52 Å². The minimum Gasteiger partial charge on any atom is -0.307 e. The van der Waals surface area contributed by atoms with Crippen molar-refractivity contribution < 1.29 is 4.57 Å². The third-order valence-corrected chi connectivity index (χ3v) is 8.82. The molecule has 1 aliphatic rings. The Morgan fingerprint density at radius 1 is 0.914 bits per heavy atom. The molecule has 2 nitrogen and oxygen atoms in total. The van der Waals surface area contributed by atoms with Crippen LogP contribution in [0, 0.1) is 19.8 Å². The molecule has 0 atom stereocenters. The number of rotatable bonds is 3. The highest BCUT2D eigenvalue weighted by atomic mass is 15.0. The highest BCUT2D eigenvalue weighted by molar-refractivity contribution is 6.26. The standard InChI is InChI=1S/C33H35N2/c1-19(2)14-22-10-11-28-26(16-22)27-15-20(3)21(4)30-32(27)35(28)29-18-25(23-8-6-7-9-23)17-24-12-13-34(5)33(30)31(24)29/h10-13,15-19,23H,6-9,14H2,1-5H3/q+1. The molecule has 6 aromatic rings. The van der Waals surface area contributed by atoms with E-state index in [2.05, 4.69) is 92.4 Å². The van der Waals surface area contributed by atoms with Gasteiger partial charge >= 0.3 is 0 Å². The van der Waals surface area contributed by atoms with E-state index in [0.717, 1.165) is 6.42 Å². The average molecular weight is 460 g/mol. The van der Waals surface area contributed by atoms with Crippen LogP contribution in [0.5, 0.6) is 0 Å². The van der Waals surface area contributed by atoms with Gasteiger partial charge in [-0.2, -0.15) is 0 Å². The molecule has 7 rings (SSSR count). The van der Waals surface area contributed by atoms with Gasteiger partial charge in [-0.3, -0.25) is 0 Å². The van der Waals surface area contributed by atoms with Crippen LogP contribution < -0.4 is 4.57 Å². The second kappa shape index (κ2) is 7.43. The van der Waals surface area contributed by atoms with Gasteiger partial charge in [-0.25, -0.2) is 4.57 Å². The number of aryl methyl sites for hydroxylation is 3. The molecule has 0 amide bonds. The number of nitrogens with zero attached hydrogens (tertiary/aromatic N) is 2. The van der Waals surface area contributed by atoms with Crippen LogP contribution in [-0.2, 0) is 13.5 Å². The second-order valence-corrected chi connectivity index (χ2v) is 11.6. The third-order valence-electron chi connectivity index (χ3n) is 8.82. The lowest BCUT2D eigenvalue weighted by molar-refractivity contribution is -0.643. The van der Waals surface area contributed by atoms with Crippen molar-refractivity contribution >= 4 is 49.0 Å². The van der Waals surface area contributed by atoms with Crippen LogP contribution >= 0.6 is 0 Å². The van der Waals surface area contributed by atoms with Gasteiger partial charge in [0, 0.05) is 16.8 Å². The Morgan fingerprint density at radius 2 is 1.71 bits per heavy atom. The summed E-state index contributed by atoms with van der Waals surface area (Å²) in [7, 11) is 2.22. The largest absolute Gasteiger partial charge is 0.307 e. The van der Waals surface area contributed by atoms with Gasteiger partial charge in [0.05, 0.1) is 27.3 Å². The van der Waals surface area contributed by atoms with E-state index in [4.69, 9.17) is 0 Å². The molecule has 0 aliphatic heterocycles. The first-order valence-electron chi connectivity index (χ1n) is 13.5. The topological polar surface area (TPSA) is 8.29 Å². The summed E-state index contributed by atoms with van der Waals surface area (Å²) < 4.78 is 4.97. The van der Waals surface area contributed by atoms with Gasteiger partial charge in [-0.15, -0.1) is 0 Å². The lowest BCUT2D eigenvalue weighted by Gasteiger charge is -2.17. The van der Waals surface area contributed by atoms with Gasteiger partial charge in [0.15, 0.2) is 6.20 Å². The molecule has 1 saturated carbocycles. The molecule has 0 spiro atoms. The van der Waals surface area contributed by atoms with Crippen LogP contribution in [0.1, 0.15) is 67.7 Å². The zero-order chi connectivity index (χ0) is 24.0. The first kappa shape index (κ1) is 21.2. The molecule has 2 heteroatoms. The van der Waals surface area contributed by atoms with Crippen LogP contribution in [-0.4, -0.2) is 4.40 Å². The summed E-state index contributed by atoms with van der Waals surface area (Å²) in [6.45, 7) is 9.22. The van der Waals surface area contributed by atoms with Crippen molar-refractivity contribution in [3.63, 3.8) is 0 Å². The van der Waals surface area contributed by atoms with E-state index >= 15 is 0 Å². The lowest BCUT2D eigenvalue weighted by atomic mass is 9.92. The van der Waals surface area contributed by atoms with E-state index in [1.807, 2.05) is 0 Å². The van der Waals surface area contributed by atoms with Crippen molar-refractivity contribution in [2.45, 2.75) is 65.7 Å². The predicted molar refractivity (Wildman–Crippen MR) is 149 cm³/mol. The van der Waals surface area contributed by atoms with Crippen LogP contribution in [0.25, 0.3) is 49.0 Å². The zero-order valence-electron chi connectivity index (χ0n) is 21.7. The van der Waals surface area contributed by atoms with Crippen molar-refractivity contribution in [2.75, 3.05) is 0 Å². The molecule has 0 N–H and O–H groups in total. The molecule has 0 radical (unpaired) electrons. The molecule has 1 fully saturated rings. The monoisotopic (exact) mass is 459 g/mol. The van der Waals surface area contributed by atoms with Crippen LogP contribution in [0.2, 0.25) is 0 Å². The molecular weight excluding hydrogens is 424 g/mol. The van der Waals surface area contributed by atoms with E-state index in [-0.39, 0.29) is 0 Å². The van der Waals surface area contributed by atoms with Gasteiger partial charge in [0.25, 0.3) is 0 Å². The maximum absolute atomic E-state index is 2.61. The van der Waals surface area contributed by atoms with Gasteiger partial charge in [-0.05, 0) is 96.9 Å². The maximum atomic E-state index is 2.61. The molecule has 35 heavy (non-hydrogen) atoms. The Balaban J connectivity index is 1.74. The number of hydrogen-bond acceptors (Lipinski definition) is 0. The van der Waals surface area contributed by atoms with Crippen molar-refractivity contribution in [1.82, 2.24) is 4.40 Å². The van der Waals surface area contributed by atoms with Gasteiger partial charge < -0.3 is 4.40 Å².